The van der Waals surface area contributed by atoms with Crippen molar-refractivity contribution in [1.29, 1.82) is 0 Å². The van der Waals surface area contributed by atoms with Gasteiger partial charge in [0.25, 0.3) is 0 Å². The van der Waals surface area contributed by atoms with Crippen LogP contribution in [0.1, 0.15) is 51.0 Å². The lowest BCUT2D eigenvalue weighted by Crippen LogP contribution is -2.36. The molecule has 2 rings (SSSR count). The van der Waals surface area contributed by atoms with Crippen LogP contribution in [0, 0.1) is 11.6 Å². The maximum Gasteiger partial charge on any atom is 0.408 e. The summed E-state index contributed by atoms with van der Waals surface area (Å²) in [4.78, 5) is 16.2. The van der Waals surface area contributed by atoms with Crippen molar-refractivity contribution in [3.63, 3.8) is 0 Å². The second-order valence-corrected chi connectivity index (χ2v) is 6.54. The lowest BCUT2D eigenvalue weighted by atomic mass is 10.1. The number of amides is 1. The van der Waals surface area contributed by atoms with Gasteiger partial charge in [-0.25, -0.2) is 13.6 Å². The predicted octanol–water partition coefficient (Wildman–Crippen LogP) is 3.72. The molecule has 6 nitrogen and oxygen atoms in total. The highest BCUT2D eigenvalue weighted by molar-refractivity contribution is 5.68. The molecule has 1 aromatic carbocycles. The quantitative estimate of drug-likeness (QED) is 0.886. The molecule has 8 heteroatoms. The largest absolute Gasteiger partial charge is 0.444 e. The number of benzene rings is 1. The molecule has 1 heterocycles. The molecule has 0 fully saturated rings. The Labute approximate surface area is 144 Å². The second kappa shape index (κ2) is 7.58. The van der Waals surface area contributed by atoms with Crippen molar-refractivity contribution in [2.75, 3.05) is 0 Å². The maximum absolute atomic E-state index is 14.0. The Morgan fingerprint density at radius 2 is 2.08 bits per heavy atom. The monoisotopic (exact) mass is 353 g/mol. The second-order valence-electron chi connectivity index (χ2n) is 6.54. The molecule has 0 aliphatic rings. The predicted molar refractivity (Wildman–Crippen MR) is 85.8 cm³/mol. The van der Waals surface area contributed by atoms with Gasteiger partial charge in [0.15, 0.2) is 5.82 Å². The summed E-state index contributed by atoms with van der Waals surface area (Å²) in [6.45, 7) is 7.03. The number of nitrogens with zero attached hydrogens (tertiary/aromatic N) is 2. The molecular weight excluding hydrogens is 332 g/mol. The van der Waals surface area contributed by atoms with E-state index in [0.717, 1.165) is 12.1 Å². The summed E-state index contributed by atoms with van der Waals surface area (Å²) >= 11 is 0. The van der Waals surface area contributed by atoms with Gasteiger partial charge in [0.2, 0.25) is 5.89 Å². The topological polar surface area (TPSA) is 77.2 Å². The van der Waals surface area contributed by atoms with Gasteiger partial charge in [0.05, 0.1) is 0 Å². The van der Waals surface area contributed by atoms with E-state index in [1.165, 1.54) is 6.07 Å². The maximum atomic E-state index is 14.0. The Hall–Kier alpha value is -2.51. The third-order valence-corrected chi connectivity index (χ3v) is 3.23. The van der Waals surface area contributed by atoms with Crippen molar-refractivity contribution < 1.29 is 22.8 Å². The minimum absolute atomic E-state index is 0.0106. The zero-order valence-corrected chi connectivity index (χ0v) is 14.6. The smallest absolute Gasteiger partial charge is 0.408 e. The first-order valence-electron chi connectivity index (χ1n) is 7.94. The first-order valence-corrected chi connectivity index (χ1v) is 7.94. The van der Waals surface area contributed by atoms with E-state index in [1.54, 1.807) is 20.8 Å². The van der Waals surface area contributed by atoms with Gasteiger partial charge in [-0.15, -0.1) is 0 Å². The molecule has 1 amide bonds. The van der Waals surface area contributed by atoms with E-state index in [2.05, 4.69) is 15.5 Å². The average molecular weight is 353 g/mol. The van der Waals surface area contributed by atoms with E-state index >= 15 is 0 Å². The molecule has 0 saturated heterocycles. The first kappa shape index (κ1) is 18.8. The van der Waals surface area contributed by atoms with Crippen LogP contribution >= 0.6 is 0 Å². The Kier molecular flexibility index (Phi) is 5.71. The standard InChI is InChI=1S/C17H21F2N3O3/c1-5-14-21-15(25-22-14)13(20-16(23)24-17(2,3)4)8-10-6-7-11(18)9-12(10)19/h6-7,9,13H,5,8H2,1-4H3,(H,20,23)/t13-/m0/s1. The van der Waals surface area contributed by atoms with Gasteiger partial charge in [-0.1, -0.05) is 18.1 Å². The summed E-state index contributed by atoms with van der Waals surface area (Å²) in [5.74, 6) is -0.799. The van der Waals surface area contributed by atoms with E-state index < -0.39 is 29.4 Å². The van der Waals surface area contributed by atoms with E-state index in [4.69, 9.17) is 9.26 Å². The molecule has 136 valence electrons. The molecule has 0 aliphatic carbocycles. The fraction of sp³-hybridized carbons (Fsp3) is 0.471. The number of hydrogen-bond acceptors (Lipinski definition) is 5. The number of ether oxygens (including phenoxy) is 1. The fourth-order valence-corrected chi connectivity index (χ4v) is 2.11. The highest BCUT2D eigenvalue weighted by Crippen LogP contribution is 2.21. The van der Waals surface area contributed by atoms with Crippen LogP contribution in [0.5, 0.6) is 0 Å². The Morgan fingerprint density at radius 3 is 2.64 bits per heavy atom. The lowest BCUT2D eigenvalue weighted by molar-refractivity contribution is 0.0493. The summed E-state index contributed by atoms with van der Waals surface area (Å²) in [6, 6.07) is 2.44. The van der Waals surface area contributed by atoms with Crippen LogP contribution in [0.25, 0.3) is 0 Å². The molecule has 0 spiro atoms. The van der Waals surface area contributed by atoms with Crippen molar-refractivity contribution >= 4 is 6.09 Å². The van der Waals surface area contributed by atoms with Gasteiger partial charge in [-0.3, -0.25) is 0 Å². The van der Waals surface area contributed by atoms with Gasteiger partial charge in [-0.2, -0.15) is 4.98 Å². The number of aromatic nitrogens is 2. The molecule has 0 bridgehead atoms. The van der Waals surface area contributed by atoms with E-state index in [0.29, 0.717) is 12.2 Å². The third kappa shape index (κ3) is 5.51. The number of rotatable bonds is 5. The summed E-state index contributed by atoms with van der Waals surface area (Å²) < 4.78 is 37.4. The minimum Gasteiger partial charge on any atom is -0.444 e. The van der Waals surface area contributed by atoms with Crippen LogP contribution < -0.4 is 5.32 Å². The highest BCUT2D eigenvalue weighted by atomic mass is 19.1. The van der Waals surface area contributed by atoms with Crippen molar-refractivity contribution in [3.05, 3.63) is 47.1 Å². The average Bonchev–Trinajstić information content (AvgIpc) is 2.96. The van der Waals surface area contributed by atoms with Crippen LogP contribution in [0.4, 0.5) is 13.6 Å². The molecule has 0 unspecified atom stereocenters. The molecule has 1 N–H and O–H groups in total. The number of alkyl carbamates (subject to hydrolysis) is 1. The summed E-state index contributed by atoms with van der Waals surface area (Å²) in [6.07, 6.45) is -0.138. The van der Waals surface area contributed by atoms with Crippen LogP contribution in [0.3, 0.4) is 0 Å². The molecule has 0 radical (unpaired) electrons. The van der Waals surface area contributed by atoms with Crippen LogP contribution in [-0.2, 0) is 17.6 Å². The SMILES string of the molecule is CCc1noc([C@H](Cc2ccc(F)cc2F)NC(=O)OC(C)(C)C)n1. The van der Waals surface area contributed by atoms with Gasteiger partial charge in [-0.05, 0) is 32.4 Å². The van der Waals surface area contributed by atoms with Crippen molar-refractivity contribution in [2.45, 2.75) is 52.2 Å². The van der Waals surface area contributed by atoms with Gasteiger partial charge >= 0.3 is 6.09 Å². The summed E-state index contributed by atoms with van der Waals surface area (Å²) in [7, 11) is 0. The third-order valence-electron chi connectivity index (χ3n) is 3.23. The lowest BCUT2D eigenvalue weighted by Gasteiger charge is -2.22. The number of aryl methyl sites for hydroxylation is 1. The first-order chi connectivity index (χ1) is 11.7. The van der Waals surface area contributed by atoms with Crippen molar-refractivity contribution in [1.82, 2.24) is 15.5 Å². The molecule has 0 aliphatic heterocycles. The molecule has 2 aromatic rings. The van der Waals surface area contributed by atoms with Crippen molar-refractivity contribution in [2.24, 2.45) is 0 Å². The fourth-order valence-electron chi connectivity index (χ4n) is 2.11. The number of halogens is 2. The number of carbonyl (C=O) groups is 1. The van der Waals surface area contributed by atoms with E-state index in [9.17, 15) is 13.6 Å². The van der Waals surface area contributed by atoms with E-state index in [-0.39, 0.29) is 17.9 Å². The van der Waals surface area contributed by atoms with Crippen LogP contribution in [0.15, 0.2) is 22.7 Å². The number of hydrogen-bond donors (Lipinski definition) is 1. The molecule has 1 atom stereocenters. The Balaban J connectivity index is 2.23. The Morgan fingerprint density at radius 1 is 1.36 bits per heavy atom. The van der Waals surface area contributed by atoms with Gasteiger partial charge < -0.3 is 14.6 Å². The zero-order chi connectivity index (χ0) is 18.6. The van der Waals surface area contributed by atoms with E-state index in [1.807, 2.05) is 6.92 Å². The van der Waals surface area contributed by atoms with Crippen LogP contribution in [-0.4, -0.2) is 21.8 Å². The minimum atomic E-state index is -0.803. The molecule has 1 aromatic heterocycles. The molecule has 25 heavy (non-hydrogen) atoms. The summed E-state index contributed by atoms with van der Waals surface area (Å²) in [5.41, 5.74) is -0.488. The highest BCUT2D eigenvalue weighted by Gasteiger charge is 2.26. The zero-order valence-electron chi connectivity index (χ0n) is 14.6. The summed E-state index contributed by atoms with van der Waals surface area (Å²) in [5, 5.41) is 6.38. The Bertz CT molecular complexity index is 741. The normalized spacial score (nSPS) is 12.7. The van der Waals surface area contributed by atoms with Gasteiger partial charge in [0.1, 0.15) is 23.3 Å². The molecule has 0 saturated carbocycles. The van der Waals surface area contributed by atoms with Gasteiger partial charge in [0, 0.05) is 18.9 Å². The molecular formula is C17H21F2N3O3. The van der Waals surface area contributed by atoms with Crippen LogP contribution in [0.2, 0.25) is 0 Å². The number of nitrogens with one attached hydrogen (secondary N) is 1. The van der Waals surface area contributed by atoms with Crippen molar-refractivity contribution in [3.8, 4) is 0 Å². The number of carbonyl (C=O) groups excluding carboxylic acids is 1.